The van der Waals surface area contributed by atoms with Gasteiger partial charge in [0.05, 0.1) is 11.7 Å². The van der Waals surface area contributed by atoms with Gasteiger partial charge in [0.15, 0.2) is 0 Å². The average Bonchev–Trinajstić information content (AvgIpc) is 2.85. The second kappa shape index (κ2) is 7.71. The van der Waals surface area contributed by atoms with E-state index in [0.717, 1.165) is 38.3 Å². The summed E-state index contributed by atoms with van der Waals surface area (Å²) in [6, 6.07) is 13.6. The lowest BCUT2D eigenvalue weighted by atomic mass is 9.98. The number of hydrogen-bond donors (Lipinski definition) is 1. The molecule has 1 aliphatic heterocycles. The van der Waals surface area contributed by atoms with E-state index in [1.54, 1.807) is 0 Å². The maximum absolute atomic E-state index is 4.80. The van der Waals surface area contributed by atoms with Crippen LogP contribution < -0.4 is 5.32 Å². The van der Waals surface area contributed by atoms with Gasteiger partial charge in [0.1, 0.15) is 0 Å². The van der Waals surface area contributed by atoms with Gasteiger partial charge in [0.25, 0.3) is 0 Å². The summed E-state index contributed by atoms with van der Waals surface area (Å²) < 4.78 is 0. The summed E-state index contributed by atoms with van der Waals surface area (Å²) >= 11 is 0. The molecule has 0 radical (unpaired) electrons. The van der Waals surface area contributed by atoms with Crippen molar-refractivity contribution in [2.45, 2.75) is 32.7 Å². The monoisotopic (exact) mass is 309 g/mol. The van der Waals surface area contributed by atoms with Crippen LogP contribution in [0.4, 0.5) is 0 Å². The molecule has 1 aromatic heterocycles. The zero-order valence-electron chi connectivity index (χ0n) is 14.3. The van der Waals surface area contributed by atoms with Gasteiger partial charge in [-0.2, -0.15) is 0 Å². The van der Waals surface area contributed by atoms with Gasteiger partial charge < -0.3 is 5.32 Å². The largest absolute Gasteiger partial charge is 0.315 e. The van der Waals surface area contributed by atoms with Gasteiger partial charge in [-0.1, -0.05) is 42.8 Å². The van der Waals surface area contributed by atoms with Crippen LogP contribution in [-0.2, 0) is 6.42 Å². The van der Waals surface area contributed by atoms with Gasteiger partial charge in [0, 0.05) is 25.8 Å². The zero-order chi connectivity index (χ0) is 16.1. The Morgan fingerprint density at radius 1 is 1.17 bits per heavy atom. The normalized spacial score (nSPS) is 17.7. The minimum atomic E-state index is 0.251. The minimum Gasteiger partial charge on any atom is -0.315 e. The fraction of sp³-hybridized carbons (Fsp3) is 0.450. The predicted octanol–water partition coefficient (Wildman–Crippen LogP) is 3.34. The predicted molar refractivity (Wildman–Crippen MR) is 95.7 cm³/mol. The van der Waals surface area contributed by atoms with Crippen molar-refractivity contribution in [2.75, 3.05) is 26.2 Å². The number of nitrogens with zero attached hydrogens (tertiary/aromatic N) is 2. The Bertz CT molecular complexity index is 613. The molecule has 1 aliphatic rings. The first-order chi connectivity index (χ1) is 11.3. The second-order valence-electron chi connectivity index (χ2n) is 6.40. The van der Waals surface area contributed by atoms with Crippen LogP contribution in [0.1, 0.15) is 41.8 Å². The van der Waals surface area contributed by atoms with Crippen molar-refractivity contribution in [3.8, 4) is 0 Å². The summed E-state index contributed by atoms with van der Waals surface area (Å²) in [5, 5.41) is 3.50. The quantitative estimate of drug-likeness (QED) is 0.939. The third kappa shape index (κ3) is 3.98. The van der Waals surface area contributed by atoms with Crippen molar-refractivity contribution in [1.29, 1.82) is 0 Å². The maximum Gasteiger partial charge on any atom is 0.0776 e. The molecule has 1 N–H and O–H groups in total. The number of nitrogens with one attached hydrogen (secondary N) is 1. The summed E-state index contributed by atoms with van der Waals surface area (Å²) in [5.41, 5.74) is 5.12. The number of aromatic nitrogens is 1. The van der Waals surface area contributed by atoms with Gasteiger partial charge in [-0.25, -0.2) is 0 Å². The Balaban J connectivity index is 1.97. The second-order valence-corrected chi connectivity index (χ2v) is 6.40. The van der Waals surface area contributed by atoms with Crippen LogP contribution in [-0.4, -0.2) is 36.1 Å². The lowest BCUT2D eigenvalue weighted by Gasteiger charge is -2.30. The summed E-state index contributed by atoms with van der Waals surface area (Å²) in [4.78, 5) is 7.37. The molecule has 0 amide bonds. The molecule has 3 heteroatoms. The van der Waals surface area contributed by atoms with Crippen molar-refractivity contribution < 1.29 is 0 Å². The molecule has 0 aliphatic carbocycles. The fourth-order valence-electron chi connectivity index (χ4n) is 3.34. The highest BCUT2D eigenvalue weighted by Crippen LogP contribution is 2.28. The highest BCUT2D eigenvalue weighted by atomic mass is 15.2. The molecule has 3 nitrogen and oxygen atoms in total. The van der Waals surface area contributed by atoms with Crippen LogP contribution in [0.25, 0.3) is 0 Å². The van der Waals surface area contributed by atoms with E-state index in [1.165, 1.54) is 23.1 Å². The molecule has 1 saturated heterocycles. The van der Waals surface area contributed by atoms with Crippen LogP contribution in [0, 0.1) is 6.92 Å². The Morgan fingerprint density at radius 3 is 2.83 bits per heavy atom. The molecule has 0 saturated carbocycles. The first kappa shape index (κ1) is 16.2. The van der Waals surface area contributed by atoms with Crippen molar-refractivity contribution in [3.63, 3.8) is 0 Å². The van der Waals surface area contributed by atoms with Gasteiger partial charge >= 0.3 is 0 Å². The molecule has 23 heavy (non-hydrogen) atoms. The fourth-order valence-corrected chi connectivity index (χ4v) is 3.34. The Kier molecular flexibility index (Phi) is 5.42. The molecule has 1 atom stereocenters. The van der Waals surface area contributed by atoms with E-state index >= 15 is 0 Å². The van der Waals surface area contributed by atoms with E-state index in [-0.39, 0.29) is 6.04 Å². The first-order valence-corrected chi connectivity index (χ1v) is 8.74. The van der Waals surface area contributed by atoms with E-state index in [0.29, 0.717) is 0 Å². The van der Waals surface area contributed by atoms with E-state index in [4.69, 9.17) is 4.98 Å². The smallest absolute Gasteiger partial charge is 0.0776 e. The van der Waals surface area contributed by atoms with Crippen LogP contribution in [0.2, 0.25) is 0 Å². The first-order valence-electron chi connectivity index (χ1n) is 8.74. The number of benzene rings is 1. The number of hydrogen-bond acceptors (Lipinski definition) is 3. The zero-order valence-corrected chi connectivity index (χ0v) is 14.3. The van der Waals surface area contributed by atoms with E-state index < -0.39 is 0 Å². The van der Waals surface area contributed by atoms with Crippen molar-refractivity contribution in [1.82, 2.24) is 15.2 Å². The van der Waals surface area contributed by atoms with E-state index in [9.17, 15) is 0 Å². The standard InChI is InChI=1S/C20H27N3/c1-3-17-8-9-19(22-15-17)20(18-7-4-6-16(2)14-18)23-12-5-10-21-11-13-23/h4,6-9,14-15,20-21H,3,5,10-13H2,1-2H3. The summed E-state index contributed by atoms with van der Waals surface area (Å²) in [5.74, 6) is 0. The van der Waals surface area contributed by atoms with Gasteiger partial charge in [-0.3, -0.25) is 9.88 Å². The number of aryl methyl sites for hydroxylation is 2. The van der Waals surface area contributed by atoms with Gasteiger partial charge in [-0.15, -0.1) is 0 Å². The average molecular weight is 309 g/mol. The maximum atomic E-state index is 4.80. The highest BCUT2D eigenvalue weighted by Gasteiger charge is 2.24. The Hall–Kier alpha value is -1.71. The van der Waals surface area contributed by atoms with Crippen LogP contribution >= 0.6 is 0 Å². The van der Waals surface area contributed by atoms with Crippen LogP contribution in [0.15, 0.2) is 42.6 Å². The number of pyridine rings is 1. The topological polar surface area (TPSA) is 28.2 Å². The molecule has 3 rings (SSSR count). The molecule has 1 fully saturated rings. The van der Waals surface area contributed by atoms with Crippen molar-refractivity contribution >= 4 is 0 Å². The van der Waals surface area contributed by atoms with Gasteiger partial charge in [-0.05, 0) is 43.5 Å². The summed E-state index contributed by atoms with van der Waals surface area (Å²) in [6.45, 7) is 8.68. The Labute approximate surface area is 139 Å². The third-order valence-corrected chi connectivity index (χ3v) is 4.63. The molecule has 2 aromatic rings. The minimum absolute atomic E-state index is 0.251. The molecule has 0 spiro atoms. The summed E-state index contributed by atoms with van der Waals surface area (Å²) in [6.07, 6.45) is 4.26. The van der Waals surface area contributed by atoms with Crippen LogP contribution in [0.5, 0.6) is 0 Å². The summed E-state index contributed by atoms with van der Waals surface area (Å²) in [7, 11) is 0. The molecule has 2 heterocycles. The van der Waals surface area contributed by atoms with Crippen molar-refractivity contribution in [3.05, 3.63) is 65.0 Å². The van der Waals surface area contributed by atoms with E-state index in [2.05, 4.69) is 60.5 Å². The SMILES string of the molecule is CCc1ccc(C(c2cccc(C)c2)N2CCCNCC2)nc1. The molecule has 1 unspecified atom stereocenters. The van der Waals surface area contributed by atoms with Crippen molar-refractivity contribution in [2.24, 2.45) is 0 Å². The third-order valence-electron chi connectivity index (χ3n) is 4.63. The molecular weight excluding hydrogens is 282 g/mol. The molecule has 1 aromatic carbocycles. The molecule has 122 valence electrons. The van der Waals surface area contributed by atoms with E-state index in [1.807, 2.05) is 6.20 Å². The lowest BCUT2D eigenvalue weighted by Crippen LogP contribution is -2.33. The van der Waals surface area contributed by atoms with Crippen LogP contribution in [0.3, 0.4) is 0 Å². The molecular formula is C20H27N3. The number of rotatable bonds is 4. The Morgan fingerprint density at radius 2 is 2.09 bits per heavy atom. The van der Waals surface area contributed by atoms with Gasteiger partial charge in [0.2, 0.25) is 0 Å². The highest BCUT2D eigenvalue weighted by molar-refractivity contribution is 5.32. The lowest BCUT2D eigenvalue weighted by molar-refractivity contribution is 0.237. The molecule has 0 bridgehead atoms.